The molecule has 0 N–H and O–H groups in total. The Kier molecular flexibility index (Phi) is 21.4. The Labute approximate surface area is 189 Å². The Morgan fingerprint density at radius 1 is 0.792 bits per heavy atom. The molecule has 4 rings (SSSR count). The van der Waals surface area contributed by atoms with Gasteiger partial charge < -0.3 is 39.7 Å². The molecule has 0 nitrogen and oxygen atoms in total. The van der Waals surface area contributed by atoms with Crippen molar-refractivity contribution < 1.29 is 51.0 Å². The van der Waals surface area contributed by atoms with E-state index >= 15 is 0 Å². The molecule has 0 bridgehead atoms. The van der Waals surface area contributed by atoms with Crippen molar-refractivity contribution in [2.24, 2.45) is 0 Å². The monoisotopic (exact) mass is 494 g/mol. The van der Waals surface area contributed by atoms with Gasteiger partial charge in [0.15, 0.2) is 0 Å². The third-order valence-corrected chi connectivity index (χ3v) is 3.11. The van der Waals surface area contributed by atoms with E-state index in [0.717, 1.165) is 6.42 Å². The molecule has 0 aromatic heterocycles. The van der Waals surface area contributed by atoms with E-state index in [1.165, 1.54) is 21.5 Å². The van der Waals surface area contributed by atoms with Crippen LogP contribution in [0, 0.1) is 20.9 Å². The summed E-state index contributed by atoms with van der Waals surface area (Å²) in [7, 11) is 0. The molecule has 4 radical (unpaired) electrons. The van der Waals surface area contributed by atoms with Gasteiger partial charge in [0.1, 0.15) is 0 Å². The van der Waals surface area contributed by atoms with Crippen LogP contribution in [0.4, 0.5) is 0 Å². The summed E-state index contributed by atoms with van der Waals surface area (Å²) in [6.45, 7) is 0. The van der Waals surface area contributed by atoms with Crippen molar-refractivity contribution in [1.82, 2.24) is 0 Å². The first-order valence-corrected chi connectivity index (χ1v) is 6.20. The van der Waals surface area contributed by atoms with Gasteiger partial charge in [0.05, 0.1) is 0 Å². The van der Waals surface area contributed by atoms with Gasteiger partial charge in [0.2, 0.25) is 0 Å². The van der Waals surface area contributed by atoms with Gasteiger partial charge in [-0.25, -0.2) is 12.2 Å². The van der Waals surface area contributed by atoms with Crippen LogP contribution in [0.5, 0.6) is 0 Å². The van der Waals surface area contributed by atoms with Crippen LogP contribution < -0.4 is 24.8 Å². The minimum Gasteiger partial charge on any atom is -1.00 e. The maximum absolute atomic E-state index is 2.99. The van der Waals surface area contributed by atoms with Crippen molar-refractivity contribution in [2.75, 3.05) is 0 Å². The number of rotatable bonds is 0. The van der Waals surface area contributed by atoms with Crippen molar-refractivity contribution in [3.8, 4) is 0 Å². The van der Waals surface area contributed by atoms with Gasteiger partial charge >= 0.3 is 26.2 Å². The van der Waals surface area contributed by atoms with E-state index in [-0.39, 0.29) is 83.5 Å². The molecule has 3 aromatic carbocycles. The zero-order valence-corrected chi connectivity index (χ0v) is 20.0. The first-order valence-electron chi connectivity index (χ1n) is 6.20. The number of fused-ring (bicyclic) bond motifs is 3. The molecule has 3 aromatic rings. The minimum absolute atomic E-state index is 0. The summed E-state index contributed by atoms with van der Waals surface area (Å²) in [6.07, 6.45) is 10.0. The zero-order chi connectivity index (χ0) is 12.2. The second-order valence-electron chi connectivity index (χ2n) is 4.32. The van der Waals surface area contributed by atoms with Crippen molar-refractivity contribution in [1.29, 1.82) is 0 Å². The molecule has 1 aliphatic carbocycles. The Morgan fingerprint density at radius 2 is 1.25 bits per heavy atom. The largest absolute Gasteiger partial charge is 2.00 e. The maximum atomic E-state index is 2.99. The molecule has 0 amide bonds. The topological polar surface area (TPSA) is 0 Å². The predicted octanol–water partition coefficient (Wildman–Crippen LogP) is -0.457. The first kappa shape index (κ1) is 31.6. The van der Waals surface area contributed by atoms with Crippen LogP contribution >= 0.6 is 0 Å². The summed E-state index contributed by atoms with van der Waals surface area (Å²) in [5.41, 5.74) is 0. The van der Waals surface area contributed by atoms with Crippen LogP contribution in [0.15, 0.2) is 72.8 Å². The average Bonchev–Trinajstić information content (AvgIpc) is 3.10. The summed E-state index contributed by atoms with van der Waals surface area (Å²) in [4.78, 5) is 0. The molecular formula is C20H20Cl2GeZr-4. The van der Waals surface area contributed by atoms with Crippen molar-refractivity contribution in [3.05, 3.63) is 93.8 Å². The van der Waals surface area contributed by atoms with Crippen LogP contribution in [0.3, 0.4) is 0 Å². The molecule has 0 fully saturated rings. The third-order valence-electron chi connectivity index (χ3n) is 3.11. The van der Waals surface area contributed by atoms with E-state index in [9.17, 15) is 0 Å². The molecule has 0 unspecified atom stereocenters. The van der Waals surface area contributed by atoms with Crippen LogP contribution in [0.25, 0.3) is 21.5 Å². The number of hydrogen-bond donors (Lipinski definition) is 0. The maximum Gasteiger partial charge on any atom is 2.00 e. The molecular weight excluding hydrogens is 475 g/mol. The van der Waals surface area contributed by atoms with Gasteiger partial charge in [-0.2, -0.15) is 6.08 Å². The van der Waals surface area contributed by atoms with E-state index in [0.29, 0.717) is 0 Å². The number of halogens is 2. The molecule has 0 atom stereocenters. The summed E-state index contributed by atoms with van der Waals surface area (Å²) in [5.74, 6) is 0. The van der Waals surface area contributed by atoms with Crippen molar-refractivity contribution >= 4 is 39.1 Å². The summed E-state index contributed by atoms with van der Waals surface area (Å²) in [6, 6.07) is 19.3. The van der Waals surface area contributed by atoms with Crippen LogP contribution in [0.1, 0.15) is 6.42 Å². The fraction of sp³-hybridized carbons (Fsp3) is 0.0500. The Hall–Kier alpha value is -0.204. The summed E-state index contributed by atoms with van der Waals surface area (Å²) in [5, 5.41) is 5.39. The molecule has 126 valence electrons. The van der Waals surface area contributed by atoms with Gasteiger partial charge in [-0.3, -0.25) is 6.08 Å². The van der Waals surface area contributed by atoms with Crippen LogP contribution in [-0.2, 0) is 26.2 Å². The van der Waals surface area contributed by atoms with Crippen molar-refractivity contribution in [2.45, 2.75) is 6.42 Å². The molecule has 24 heavy (non-hydrogen) atoms. The number of benzene rings is 2. The SMILES string of the molecule is [C-]1=CC=CC1.[CH3-].[CH3-].[Cl-].[Cl-].[Ge].[Zr+2].c1ccc2c(c1)[cH-]c1ccccc12. The normalized spacial score (nSPS) is 9.67. The smallest absolute Gasteiger partial charge is 1.00 e. The minimum atomic E-state index is 0. The molecule has 0 aliphatic heterocycles. The van der Waals surface area contributed by atoms with E-state index < -0.39 is 0 Å². The molecule has 0 spiro atoms. The van der Waals surface area contributed by atoms with Crippen LogP contribution in [-0.4, -0.2) is 17.6 Å². The van der Waals surface area contributed by atoms with E-state index in [1.54, 1.807) is 0 Å². The van der Waals surface area contributed by atoms with Crippen molar-refractivity contribution in [3.63, 3.8) is 0 Å². The summed E-state index contributed by atoms with van der Waals surface area (Å²) < 4.78 is 0. The van der Waals surface area contributed by atoms with Gasteiger partial charge in [0.25, 0.3) is 0 Å². The predicted molar refractivity (Wildman–Crippen MR) is 97.2 cm³/mol. The van der Waals surface area contributed by atoms with Gasteiger partial charge in [-0.15, -0.1) is 46.2 Å². The molecule has 4 heteroatoms. The molecule has 0 saturated carbocycles. The third kappa shape index (κ3) is 7.79. The second kappa shape index (κ2) is 16.3. The first-order chi connectivity index (χ1) is 8.95. The second-order valence-corrected chi connectivity index (χ2v) is 4.32. The van der Waals surface area contributed by atoms with Gasteiger partial charge in [0, 0.05) is 17.6 Å². The van der Waals surface area contributed by atoms with E-state index in [2.05, 4.69) is 66.7 Å². The fourth-order valence-electron chi connectivity index (χ4n) is 2.24. The van der Waals surface area contributed by atoms with Crippen LogP contribution in [0.2, 0.25) is 0 Å². The van der Waals surface area contributed by atoms with E-state index in [4.69, 9.17) is 0 Å². The zero-order valence-electron chi connectivity index (χ0n) is 13.9. The summed E-state index contributed by atoms with van der Waals surface area (Å²) >= 11 is 0. The molecule has 0 heterocycles. The van der Waals surface area contributed by atoms with Gasteiger partial charge in [-0.1, -0.05) is 36.4 Å². The Balaban J connectivity index is -0.000000163. The van der Waals surface area contributed by atoms with Gasteiger partial charge in [-0.05, 0) is 0 Å². The molecule has 1 aliphatic rings. The standard InChI is InChI=1S/C13H9.C5H5.2CH3.2ClH.Ge.Zr/c1-3-7-12-10(5-1)9-11-6-2-4-8-13(11)12;1-2-4-5-3-1;;;;;;/h1-9H;1-3H,4H2;2*1H3;2*1H;;/q4*-1;;;;+2/p-2. The quantitative estimate of drug-likeness (QED) is 0.293. The molecule has 0 saturated heterocycles. The average molecular weight is 495 g/mol. The Bertz CT molecular complexity index is 672. The fourth-order valence-corrected chi connectivity index (χ4v) is 2.24. The Morgan fingerprint density at radius 3 is 1.58 bits per heavy atom. The van der Waals surface area contributed by atoms with E-state index in [1.807, 2.05) is 12.2 Å². The number of allylic oxidation sites excluding steroid dienone is 4. The number of hydrogen-bond acceptors (Lipinski definition) is 0.